The van der Waals surface area contributed by atoms with E-state index in [4.69, 9.17) is 4.74 Å². The summed E-state index contributed by atoms with van der Waals surface area (Å²) in [5, 5.41) is 0. The molecule has 102 valence electrons. The van der Waals surface area contributed by atoms with Gasteiger partial charge in [0.1, 0.15) is 0 Å². The molecule has 0 bridgehead atoms. The second kappa shape index (κ2) is 4.67. The number of carbonyl (C=O) groups is 1. The summed E-state index contributed by atoms with van der Waals surface area (Å²) in [6, 6.07) is 19.7. The minimum absolute atomic E-state index is 0.190. The Bertz CT molecular complexity index is 580. The van der Waals surface area contributed by atoms with E-state index in [0.717, 1.165) is 11.1 Å². The molecule has 0 spiro atoms. The predicted octanol–water partition coefficient (Wildman–Crippen LogP) is 3.96. The Morgan fingerprint density at radius 2 is 1.30 bits per heavy atom. The van der Waals surface area contributed by atoms with Crippen LogP contribution in [0.25, 0.3) is 0 Å². The zero-order valence-electron chi connectivity index (χ0n) is 11.5. The van der Waals surface area contributed by atoms with Gasteiger partial charge in [-0.3, -0.25) is 0 Å². The summed E-state index contributed by atoms with van der Waals surface area (Å²) >= 11 is 1.56. The summed E-state index contributed by atoms with van der Waals surface area (Å²) < 4.78 is 4.83. The first-order chi connectivity index (χ1) is 9.55. The van der Waals surface area contributed by atoms with Gasteiger partial charge in [-0.05, 0) is 25.0 Å². The molecule has 0 unspecified atom stereocenters. The molecule has 2 aromatic rings. The van der Waals surface area contributed by atoms with E-state index in [-0.39, 0.29) is 5.97 Å². The highest BCUT2D eigenvalue weighted by Crippen LogP contribution is 2.55. The SMILES string of the molecule is CC1(C)OC(=O)C(c2ccccc2)(c2ccccc2)S1. The summed E-state index contributed by atoms with van der Waals surface area (Å²) in [4.78, 5) is 12.1. The van der Waals surface area contributed by atoms with Gasteiger partial charge in [0.2, 0.25) is 0 Å². The molecular formula is C17H16O2S. The molecule has 0 aromatic heterocycles. The van der Waals surface area contributed by atoms with E-state index < -0.39 is 9.68 Å². The number of esters is 1. The van der Waals surface area contributed by atoms with Crippen LogP contribution in [0.1, 0.15) is 25.0 Å². The Morgan fingerprint density at radius 1 is 0.850 bits per heavy atom. The molecule has 0 atom stereocenters. The summed E-state index contributed by atoms with van der Waals surface area (Å²) in [5.74, 6) is -0.190. The number of benzene rings is 2. The van der Waals surface area contributed by atoms with Gasteiger partial charge in [0.25, 0.3) is 0 Å². The van der Waals surface area contributed by atoms with Crippen LogP contribution in [0.3, 0.4) is 0 Å². The Hall–Kier alpha value is -1.74. The lowest BCUT2D eigenvalue weighted by molar-refractivity contribution is -0.148. The largest absolute Gasteiger partial charge is 0.447 e. The van der Waals surface area contributed by atoms with Crippen LogP contribution in [0.5, 0.6) is 0 Å². The van der Waals surface area contributed by atoms with Crippen LogP contribution >= 0.6 is 11.8 Å². The summed E-state index contributed by atoms with van der Waals surface area (Å²) in [7, 11) is 0. The predicted molar refractivity (Wildman–Crippen MR) is 81.4 cm³/mol. The van der Waals surface area contributed by atoms with Crippen molar-refractivity contribution >= 4 is 17.7 Å². The molecule has 2 nitrogen and oxygen atoms in total. The molecule has 1 heterocycles. The Morgan fingerprint density at radius 3 is 1.65 bits per heavy atom. The van der Waals surface area contributed by atoms with Crippen molar-refractivity contribution in [2.24, 2.45) is 0 Å². The number of carbonyl (C=O) groups excluding carboxylic acids is 1. The molecule has 1 saturated heterocycles. The normalized spacial score (nSPS) is 19.6. The van der Waals surface area contributed by atoms with Gasteiger partial charge in [-0.1, -0.05) is 72.4 Å². The van der Waals surface area contributed by atoms with E-state index in [1.165, 1.54) is 0 Å². The third-order valence-corrected chi connectivity index (χ3v) is 4.90. The van der Waals surface area contributed by atoms with Crippen molar-refractivity contribution in [3.63, 3.8) is 0 Å². The first-order valence-corrected chi connectivity index (χ1v) is 7.41. The maximum absolute atomic E-state index is 12.7. The van der Waals surface area contributed by atoms with Crippen LogP contribution in [0, 0.1) is 0 Å². The molecule has 20 heavy (non-hydrogen) atoms. The number of hydrogen-bond acceptors (Lipinski definition) is 3. The highest BCUT2D eigenvalue weighted by atomic mass is 32.2. The molecule has 1 aliphatic rings. The van der Waals surface area contributed by atoms with E-state index in [1.54, 1.807) is 11.8 Å². The van der Waals surface area contributed by atoms with E-state index in [1.807, 2.05) is 74.5 Å². The molecule has 1 aliphatic heterocycles. The summed E-state index contributed by atoms with van der Waals surface area (Å²) in [6.07, 6.45) is 0. The van der Waals surface area contributed by atoms with Gasteiger partial charge in [-0.15, -0.1) is 0 Å². The lowest BCUT2D eigenvalue weighted by Crippen LogP contribution is -2.30. The van der Waals surface area contributed by atoms with Crippen molar-refractivity contribution in [2.45, 2.75) is 23.5 Å². The smallest absolute Gasteiger partial charge is 0.332 e. The summed E-state index contributed by atoms with van der Waals surface area (Å²) in [6.45, 7) is 3.87. The third kappa shape index (κ3) is 2.02. The van der Waals surface area contributed by atoms with Crippen molar-refractivity contribution in [3.8, 4) is 0 Å². The van der Waals surface area contributed by atoms with Gasteiger partial charge in [-0.25, -0.2) is 4.79 Å². The first-order valence-electron chi connectivity index (χ1n) is 6.59. The quantitative estimate of drug-likeness (QED) is 0.781. The van der Waals surface area contributed by atoms with Crippen LogP contribution in [0.2, 0.25) is 0 Å². The fourth-order valence-corrected chi connectivity index (χ4v) is 4.08. The van der Waals surface area contributed by atoms with Gasteiger partial charge in [0, 0.05) is 0 Å². The molecule has 1 fully saturated rings. The maximum atomic E-state index is 12.7. The number of ether oxygens (including phenoxy) is 1. The topological polar surface area (TPSA) is 26.3 Å². The lowest BCUT2D eigenvalue weighted by atomic mass is 9.90. The zero-order chi connectivity index (χ0) is 14.2. The van der Waals surface area contributed by atoms with Gasteiger partial charge < -0.3 is 4.74 Å². The molecule has 0 aliphatic carbocycles. The van der Waals surface area contributed by atoms with Crippen molar-refractivity contribution in [2.75, 3.05) is 0 Å². The monoisotopic (exact) mass is 284 g/mol. The highest BCUT2D eigenvalue weighted by Gasteiger charge is 2.55. The minimum Gasteiger partial charge on any atom is -0.447 e. The fourth-order valence-electron chi connectivity index (χ4n) is 2.59. The van der Waals surface area contributed by atoms with E-state index >= 15 is 0 Å². The third-order valence-electron chi connectivity index (χ3n) is 3.39. The summed E-state index contributed by atoms with van der Waals surface area (Å²) in [5.41, 5.74) is 1.93. The second-order valence-corrected chi connectivity index (χ2v) is 7.10. The zero-order valence-corrected chi connectivity index (χ0v) is 12.3. The average molecular weight is 284 g/mol. The van der Waals surface area contributed by atoms with Crippen LogP contribution in [-0.2, 0) is 14.3 Å². The first kappa shape index (κ1) is 13.3. The van der Waals surface area contributed by atoms with Gasteiger partial charge >= 0.3 is 5.97 Å². The number of rotatable bonds is 2. The molecule has 0 radical (unpaired) electrons. The molecular weight excluding hydrogens is 268 g/mol. The van der Waals surface area contributed by atoms with Crippen LogP contribution < -0.4 is 0 Å². The Balaban J connectivity index is 2.22. The molecule has 3 rings (SSSR count). The Kier molecular flexibility index (Phi) is 3.09. The van der Waals surface area contributed by atoms with Crippen LogP contribution in [0.15, 0.2) is 60.7 Å². The molecule has 2 aromatic carbocycles. The fraction of sp³-hybridized carbons (Fsp3) is 0.235. The highest BCUT2D eigenvalue weighted by molar-refractivity contribution is 8.02. The standard InChI is InChI=1S/C17H16O2S/c1-16(2)19-15(18)17(20-16,13-9-5-3-6-10-13)14-11-7-4-8-12-14/h3-12H,1-2H3. The van der Waals surface area contributed by atoms with E-state index in [2.05, 4.69) is 0 Å². The minimum atomic E-state index is -0.772. The average Bonchev–Trinajstić information content (AvgIpc) is 2.71. The number of hydrogen-bond donors (Lipinski definition) is 0. The van der Waals surface area contributed by atoms with E-state index in [0.29, 0.717) is 0 Å². The van der Waals surface area contributed by atoms with E-state index in [9.17, 15) is 4.79 Å². The molecule has 3 heteroatoms. The maximum Gasteiger partial charge on any atom is 0.332 e. The lowest BCUT2D eigenvalue weighted by Gasteiger charge is -2.26. The van der Waals surface area contributed by atoms with Crippen molar-refractivity contribution in [1.82, 2.24) is 0 Å². The molecule has 0 saturated carbocycles. The number of thioether (sulfide) groups is 1. The van der Waals surface area contributed by atoms with Gasteiger partial charge in [-0.2, -0.15) is 0 Å². The van der Waals surface area contributed by atoms with Crippen molar-refractivity contribution in [1.29, 1.82) is 0 Å². The second-order valence-electron chi connectivity index (χ2n) is 5.30. The van der Waals surface area contributed by atoms with Crippen molar-refractivity contribution < 1.29 is 9.53 Å². The number of cyclic esters (lactones) is 1. The van der Waals surface area contributed by atoms with Crippen LogP contribution in [0.4, 0.5) is 0 Å². The van der Waals surface area contributed by atoms with Crippen molar-refractivity contribution in [3.05, 3.63) is 71.8 Å². The molecule has 0 amide bonds. The molecule has 0 N–H and O–H groups in total. The van der Waals surface area contributed by atoms with Crippen LogP contribution in [-0.4, -0.2) is 10.9 Å². The Labute approximate surface area is 123 Å². The van der Waals surface area contributed by atoms with Gasteiger partial charge in [0.15, 0.2) is 9.68 Å². The van der Waals surface area contributed by atoms with Gasteiger partial charge in [0.05, 0.1) is 0 Å².